The van der Waals surface area contributed by atoms with E-state index in [1.165, 1.54) is 4.90 Å². The average molecular weight is 490 g/mol. The molecule has 0 spiro atoms. The number of cyclic esters (lactones) is 1. The Morgan fingerprint density at radius 2 is 2.04 bits per heavy atom. The van der Waals surface area contributed by atoms with Gasteiger partial charge in [-0.25, -0.2) is 9.59 Å². The molecule has 0 unspecified atom stereocenters. The number of urea groups is 1. The molecule has 2 rings (SSSR count). The molecule has 1 heterocycles. The molecule has 8 heteroatoms. The van der Waals surface area contributed by atoms with Gasteiger partial charge < -0.3 is 25.2 Å². The molecule has 4 atom stereocenters. The molecule has 0 saturated carbocycles. The highest BCUT2D eigenvalue weighted by atomic mass is 127. The zero-order chi connectivity index (χ0) is 20.0. The number of esters is 1. The maximum Gasteiger partial charge on any atom is 0.329 e. The summed E-state index contributed by atoms with van der Waals surface area (Å²) in [6.45, 7) is 3.90. The summed E-state index contributed by atoms with van der Waals surface area (Å²) in [6, 6.07) is 6.32. The largest absolute Gasteiger partial charge is 0.461 e. The van der Waals surface area contributed by atoms with E-state index in [4.69, 9.17) is 4.74 Å². The summed E-state index contributed by atoms with van der Waals surface area (Å²) < 4.78 is 6.36. The van der Waals surface area contributed by atoms with Gasteiger partial charge in [-0.2, -0.15) is 0 Å². The fourth-order valence-corrected chi connectivity index (χ4v) is 3.64. The summed E-state index contributed by atoms with van der Waals surface area (Å²) in [5, 5.41) is 22.5. The number of hydrogen-bond acceptors (Lipinski definition) is 5. The first-order valence-corrected chi connectivity index (χ1v) is 10.2. The van der Waals surface area contributed by atoms with Gasteiger partial charge in [0.05, 0.1) is 18.6 Å². The van der Waals surface area contributed by atoms with E-state index in [0.717, 1.165) is 22.0 Å². The molecule has 150 valence electrons. The smallest absolute Gasteiger partial charge is 0.329 e. The Kier molecular flexibility index (Phi) is 8.30. The van der Waals surface area contributed by atoms with Crippen LogP contribution in [-0.4, -0.2) is 58.5 Å². The summed E-state index contributed by atoms with van der Waals surface area (Å²) in [4.78, 5) is 26.8. The summed E-state index contributed by atoms with van der Waals surface area (Å²) in [6.07, 6.45) is 0.0229. The third-order valence-electron chi connectivity index (χ3n) is 4.75. The van der Waals surface area contributed by atoms with E-state index < -0.39 is 36.7 Å². The second-order valence-electron chi connectivity index (χ2n) is 6.75. The minimum Gasteiger partial charge on any atom is -0.461 e. The number of hydrogen-bond donors (Lipinski definition) is 3. The second-order valence-corrected chi connectivity index (χ2v) is 8.00. The van der Waals surface area contributed by atoms with Crippen LogP contribution in [0.4, 0.5) is 4.79 Å². The van der Waals surface area contributed by atoms with Crippen LogP contribution in [0.2, 0.25) is 0 Å². The second kappa shape index (κ2) is 10.2. The van der Waals surface area contributed by atoms with Gasteiger partial charge in [-0.1, -0.05) is 25.5 Å². The van der Waals surface area contributed by atoms with Crippen molar-refractivity contribution >= 4 is 34.6 Å². The number of halogens is 1. The summed E-state index contributed by atoms with van der Waals surface area (Å²) in [7, 11) is 0. The van der Waals surface area contributed by atoms with Crippen molar-refractivity contribution in [2.75, 3.05) is 13.2 Å². The number of ether oxygens (including phenoxy) is 1. The number of amides is 2. The zero-order valence-electron chi connectivity index (χ0n) is 15.6. The van der Waals surface area contributed by atoms with Crippen molar-refractivity contribution in [2.24, 2.45) is 5.92 Å². The number of aliphatic hydroxyl groups is 2. The lowest BCUT2D eigenvalue weighted by molar-refractivity contribution is -0.144. The van der Waals surface area contributed by atoms with Crippen LogP contribution in [0.1, 0.15) is 32.3 Å². The predicted octanol–water partition coefficient (Wildman–Crippen LogP) is 1.89. The normalized spacial score (nSPS) is 23.0. The van der Waals surface area contributed by atoms with E-state index in [9.17, 15) is 19.8 Å². The van der Waals surface area contributed by atoms with Crippen LogP contribution in [0.25, 0.3) is 0 Å². The Labute approximate surface area is 173 Å². The Morgan fingerprint density at radius 1 is 1.37 bits per heavy atom. The predicted molar refractivity (Wildman–Crippen MR) is 109 cm³/mol. The molecule has 0 radical (unpaired) electrons. The molecule has 1 aliphatic heterocycles. The van der Waals surface area contributed by atoms with E-state index in [1.807, 2.05) is 31.2 Å². The number of nitrogens with zero attached hydrogens (tertiary/aromatic N) is 1. The molecule has 1 aromatic carbocycles. The van der Waals surface area contributed by atoms with Crippen LogP contribution in [-0.2, 0) is 16.1 Å². The molecular weight excluding hydrogens is 463 g/mol. The SMILES string of the molecule is CCCCNC(=O)N(Cc1ccc(I)cc1)[C@H]1C(=O)O[C@H](C)[C@H]1[C@H](O)CO. The van der Waals surface area contributed by atoms with Crippen LogP contribution in [0.3, 0.4) is 0 Å². The van der Waals surface area contributed by atoms with Crippen LogP contribution in [0, 0.1) is 9.49 Å². The van der Waals surface area contributed by atoms with Gasteiger partial charge in [0.1, 0.15) is 12.1 Å². The first-order chi connectivity index (χ1) is 12.9. The van der Waals surface area contributed by atoms with E-state index in [2.05, 4.69) is 27.9 Å². The van der Waals surface area contributed by atoms with Gasteiger partial charge in [-0.15, -0.1) is 0 Å². The third kappa shape index (κ3) is 5.55. The molecule has 0 aromatic heterocycles. The third-order valence-corrected chi connectivity index (χ3v) is 5.47. The van der Waals surface area contributed by atoms with Gasteiger partial charge in [-0.3, -0.25) is 0 Å². The molecule has 1 fully saturated rings. The number of nitrogens with one attached hydrogen (secondary N) is 1. The van der Waals surface area contributed by atoms with Crippen molar-refractivity contribution in [3.8, 4) is 0 Å². The van der Waals surface area contributed by atoms with Crippen LogP contribution < -0.4 is 5.32 Å². The molecule has 1 aliphatic rings. The van der Waals surface area contributed by atoms with Crippen LogP contribution in [0.5, 0.6) is 0 Å². The Bertz CT molecular complexity index is 639. The van der Waals surface area contributed by atoms with E-state index in [1.54, 1.807) is 6.92 Å². The summed E-state index contributed by atoms with van der Waals surface area (Å²) in [5.74, 6) is -1.25. The highest BCUT2D eigenvalue weighted by Gasteiger charge is 2.50. The minimum absolute atomic E-state index is 0.204. The van der Waals surface area contributed by atoms with Crippen molar-refractivity contribution in [3.05, 3.63) is 33.4 Å². The maximum absolute atomic E-state index is 12.8. The highest BCUT2D eigenvalue weighted by Crippen LogP contribution is 2.31. The number of unbranched alkanes of at least 4 members (excludes halogenated alkanes) is 1. The number of carbonyl (C=O) groups is 2. The van der Waals surface area contributed by atoms with Gasteiger partial charge in [0.15, 0.2) is 0 Å². The van der Waals surface area contributed by atoms with Crippen LogP contribution in [0.15, 0.2) is 24.3 Å². The van der Waals surface area contributed by atoms with Crippen molar-refractivity contribution in [3.63, 3.8) is 0 Å². The van der Waals surface area contributed by atoms with Crippen molar-refractivity contribution < 1.29 is 24.5 Å². The lowest BCUT2D eigenvalue weighted by Gasteiger charge is -2.32. The van der Waals surface area contributed by atoms with Crippen molar-refractivity contribution in [1.29, 1.82) is 0 Å². The molecule has 1 aromatic rings. The average Bonchev–Trinajstić information content (AvgIpc) is 2.94. The Morgan fingerprint density at radius 3 is 2.63 bits per heavy atom. The molecule has 7 nitrogen and oxygen atoms in total. The number of rotatable bonds is 8. The monoisotopic (exact) mass is 490 g/mol. The fourth-order valence-electron chi connectivity index (χ4n) is 3.28. The van der Waals surface area contributed by atoms with Crippen molar-refractivity contribution in [2.45, 2.75) is 51.5 Å². The molecule has 2 amide bonds. The van der Waals surface area contributed by atoms with Gasteiger partial charge >= 0.3 is 12.0 Å². The van der Waals surface area contributed by atoms with Crippen LogP contribution >= 0.6 is 22.6 Å². The zero-order valence-corrected chi connectivity index (χ0v) is 17.8. The van der Waals surface area contributed by atoms with E-state index in [-0.39, 0.29) is 12.6 Å². The molecule has 27 heavy (non-hydrogen) atoms. The fraction of sp³-hybridized carbons (Fsp3) is 0.579. The van der Waals surface area contributed by atoms with E-state index in [0.29, 0.717) is 6.54 Å². The van der Waals surface area contributed by atoms with Gasteiger partial charge in [0.25, 0.3) is 0 Å². The minimum atomic E-state index is -1.15. The highest BCUT2D eigenvalue weighted by molar-refractivity contribution is 14.1. The standard InChI is InChI=1S/C19H27IN2O5/c1-3-4-9-21-19(26)22(10-13-5-7-14(20)8-6-13)17-16(15(24)11-23)12(2)27-18(17)25/h5-8,12,15-17,23-24H,3-4,9-11H2,1-2H3,(H,21,26)/t12-,15-,16+,17-/m1/s1. The molecule has 1 saturated heterocycles. The molecule has 0 bridgehead atoms. The number of benzene rings is 1. The number of carbonyl (C=O) groups excluding carboxylic acids is 2. The Hall–Kier alpha value is -1.39. The quantitative estimate of drug-likeness (QED) is 0.294. The van der Waals surface area contributed by atoms with E-state index >= 15 is 0 Å². The molecule has 0 aliphatic carbocycles. The first-order valence-electron chi connectivity index (χ1n) is 9.17. The summed E-state index contributed by atoms with van der Waals surface area (Å²) >= 11 is 2.20. The number of aliphatic hydroxyl groups excluding tert-OH is 2. The molecular formula is C19H27IN2O5. The van der Waals surface area contributed by atoms with Gasteiger partial charge in [-0.05, 0) is 53.6 Å². The summed E-state index contributed by atoms with van der Waals surface area (Å²) in [5.41, 5.74) is 0.866. The molecule has 3 N–H and O–H groups in total. The van der Waals surface area contributed by atoms with Gasteiger partial charge in [0.2, 0.25) is 0 Å². The van der Waals surface area contributed by atoms with Crippen molar-refractivity contribution in [1.82, 2.24) is 10.2 Å². The lowest BCUT2D eigenvalue weighted by atomic mass is 9.90. The first kappa shape index (κ1) is 21.9. The topological polar surface area (TPSA) is 99.1 Å². The van der Waals surface area contributed by atoms with Gasteiger partial charge in [0, 0.05) is 16.7 Å². The lowest BCUT2D eigenvalue weighted by Crippen LogP contribution is -2.53. The Balaban J connectivity index is 2.29. The maximum atomic E-state index is 12.8.